The second-order valence-electron chi connectivity index (χ2n) is 8.82. The van der Waals surface area contributed by atoms with Gasteiger partial charge in [-0.1, -0.05) is 84.9 Å². The maximum absolute atomic E-state index is 14.1. The number of aliphatic hydroxyl groups is 1. The molecule has 1 N–H and O–H groups in total. The fourth-order valence-electron chi connectivity index (χ4n) is 4.88. The molecule has 40 heavy (non-hydrogen) atoms. The lowest BCUT2D eigenvalue weighted by Crippen LogP contribution is -2.45. The van der Waals surface area contributed by atoms with Crippen LogP contribution >= 0.6 is 7.26 Å². The SMILES string of the molecule is COC(=O)C(/C(=C(\O)OC)n1nnc(-c2ccccc2)n1)[P+](c1ccccc1)(c1ccccc1)c1ccccc1. The van der Waals surface area contributed by atoms with Gasteiger partial charge in [-0.05, 0) is 41.6 Å². The van der Waals surface area contributed by atoms with E-state index >= 15 is 0 Å². The molecular weight excluding hydrogens is 523 g/mol. The summed E-state index contributed by atoms with van der Waals surface area (Å²) in [4.78, 5) is 15.3. The molecule has 0 saturated heterocycles. The lowest BCUT2D eigenvalue weighted by Gasteiger charge is -2.33. The molecule has 5 aromatic rings. The summed E-state index contributed by atoms with van der Waals surface area (Å²) in [6.45, 7) is 0. The number of aromatic nitrogens is 4. The van der Waals surface area contributed by atoms with E-state index in [2.05, 4.69) is 15.4 Å². The van der Waals surface area contributed by atoms with Crippen LogP contribution in [0.25, 0.3) is 17.1 Å². The summed E-state index contributed by atoms with van der Waals surface area (Å²) in [6, 6.07) is 38.7. The van der Waals surface area contributed by atoms with Crippen LogP contribution in [0.1, 0.15) is 0 Å². The number of hydrogen-bond donors (Lipinski definition) is 1. The summed E-state index contributed by atoms with van der Waals surface area (Å²) in [7, 11) is -0.333. The van der Waals surface area contributed by atoms with Gasteiger partial charge < -0.3 is 14.6 Å². The van der Waals surface area contributed by atoms with Crippen molar-refractivity contribution in [3.63, 3.8) is 0 Å². The van der Waals surface area contributed by atoms with Gasteiger partial charge in [0.1, 0.15) is 23.2 Å². The van der Waals surface area contributed by atoms with Crippen LogP contribution in [0.4, 0.5) is 0 Å². The summed E-state index contributed by atoms with van der Waals surface area (Å²) in [5.74, 6) is -0.768. The van der Waals surface area contributed by atoms with Crippen LogP contribution in [-0.2, 0) is 14.3 Å². The van der Waals surface area contributed by atoms with Crippen LogP contribution in [0.2, 0.25) is 0 Å². The molecule has 0 aliphatic heterocycles. The minimum atomic E-state index is -2.99. The van der Waals surface area contributed by atoms with Crippen molar-refractivity contribution in [2.24, 2.45) is 0 Å². The highest BCUT2D eigenvalue weighted by Crippen LogP contribution is 2.63. The Labute approximate surface area is 232 Å². The molecule has 9 heteroatoms. The molecule has 0 radical (unpaired) electrons. The Kier molecular flexibility index (Phi) is 7.99. The Balaban J connectivity index is 1.87. The maximum atomic E-state index is 14.1. The molecule has 8 nitrogen and oxygen atoms in total. The Morgan fingerprint density at radius 3 is 1.60 bits per heavy atom. The number of tetrazole rings is 1. The fourth-order valence-corrected chi connectivity index (χ4v) is 9.60. The standard InChI is InChI=1S/C31H27N4O4P/c1-38-30(36)27(35-33-29(32-34-35)23-15-7-3-8-16-23)28(31(37)39-2)40(24-17-9-4-10-18-24,25-19-11-5-12-20-25)26-21-13-6-14-22-26/h3-22,28H,1-2H3/p+1/b30-27-. The second kappa shape index (κ2) is 11.9. The largest absolute Gasteiger partial charge is 0.479 e. The maximum Gasteiger partial charge on any atom is 0.354 e. The number of carbonyl (C=O) groups excluding carboxylic acids is 1. The summed E-state index contributed by atoms with van der Waals surface area (Å²) in [6.07, 6.45) is 0. The van der Waals surface area contributed by atoms with Crippen molar-refractivity contribution >= 4 is 34.8 Å². The number of hydrogen-bond acceptors (Lipinski definition) is 7. The van der Waals surface area contributed by atoms with Gasteiger partial charge in [0.2, 0.25) is 11.5 Å². The number of benzene rings is 4. The number of methoxy groups -OCH3 is 2. The topological polar surface area (TPSA) is 99.4 Å². The van der Waals surface area contributed by atoms with Gasteiger partial charge in [-0.15, -0.1) is 15.0 Å². The van der Waals surface area contributed by atoms with Gasteiger partial charge in [0.25, 0.3) is 0 Å². The number of carbonyl (C=O) groups is 1. The van der Waals surface area contributed by atoms with E-state index in [1.165, 1.54) is 19.0 Å². The Hall–Kier alpha value is -4.81. The average molecular weight is 552 g/mol. The number of nitrogens with zero attached hydrogens (tertiary/aromatic N) is 4. The van der Waals surface area contributed by atoms with E-state index in [9.17, 15) is 9.90 Å². The highest BCUT2D eigenvalue weighted by molar-refractivity contribution is 7.97. The smallest absolute Gasteiger partial charge is 0.354 e. The molecule has 1 heterocycles. The van der Waals surface area contributed by atoms with E-state index in [0.29, 0.717) is 5.82 Å². The van der Waals surface area contributed by atoms with Crippen LogP contribution in [0.15, 0.2) is 127 Å². The van der Waals surface area contributed by atoms with Gasteiger partial charge >= 0.3 is 11.9 Å². The van der Waals surface area contributed by atoms with Crippen molar-refractivity contribution in [2.45, 2.75) is 5.66 Å². The molecule has 5 rings (SSSR count). The van der Waals surface area contributed by atoms with Gasteiger partial charge in [0.15, 0.2) is 5.70 Å². The van der Waals surface area contributed by atoms with Crippen LogP contribution in [-0.4, -0.2) is 51.2 Å². The molecule has 4 aromatic carbocycles. The van der Waals surface area contributed by atoms with Crippen LogP contribution in [0, 0.1) is 0 Å². The van der Waals surface area contributed by atoms with E-state index in [1.807, 2.05) is 121 Å². The highest BCUT2D eigenvalue weighted by atomic mass is 31.2. The Bertz CT molecular complexity index is 1500. The van der Waals surface area contributed by atoms with Crippen molar-refractivity contribution in [1.82, 2.24) is 20.2 Å². The zero-order valence-corrected chi connectivity index (χ0v) is 22.9. The molecule has 1 aromatic heterocycles. The van der Waals surface area contributed by atoms with Gasteiger partial charge in [0.05, 0.1) is 14.2 Å². The number of esters is 1. The zero-order chi connectivity index (χ0) is 28.0. The average Bonchev–Trinajstić information content (AvgIpc) is 3.52. The van der Waals surface area contributed by atoms with Crippen molar-refractivity contribution in [3.8, 4) is 11.4 Å². The van der Waals surface area contributed by atoms with E-state index in [-0.39, 0.29) is 5.70 Å². The first-order valence-electron chi connectivity index (χ1n) is 12.6. The molecular formula is C31H28N4O4P+. The van der Waals surface area contributed by atoms with Gasteiger partial charge in [0, 0.05) is 5.56 Å². The van der Waals surface area contributed by atoms with Crippen LogP contribution < -0.4 is 15.9 Å². The van der Waals surface area contributed by atoms with Gasteiger partial charge in [-0.2, -0.15) is 0 Å². The van der Waals surface area contributed by atoms with Crippen molar-refractivity contribution < 1.29 is 19.4 Å². The lowest BCUT2D eigenvalue weighted by molar-refractivity contribution is -0.139. The molecule has 0 fully saturated rings. The first-order chi connectivity index (χ1) is 19.6. The summed E-state index contributed by atoms with van der Waals surface area (Å²) in [5, 5.41) is 27.1. The normalized spacial score (nSPS) is 12.8. The molecule has 0 bridgehead atoms. The molecule has 200 valence electrons. The predicted molar refractivity (Wildman–Crippen MR) is 157 cm³/mol. The Morgan fingerprint density at radius 1 is 0.725 bits per heavy atom. The highest BCUT2D eigenvalue weighted by Gasteiger charge is 2.60. The number of ether oxygens (including phenoxy) is 2. The van der Waals surface area contributed by atoms with Crippen LogP contribution in [0.5, 0.6) is 0 Å². The van der Waals surface area contributed by atoms with Crippen molar-refractivity contribution in [3.05, 3.63) is 127 Å². The molecule has 0 saturated carbocycles. The third-order valence-electron chi connectivity index (χ3n) is 6.63. The first kappa shape index (κ1) is 26.8. The molecule has 0 spiro atoms. The van der Waals surface area contributed by atoms with E-state index in [1.54, 1.807) is 0 Å². The fraction of sp³-hybridized carbons (Fsp3) is 0.0968. The molecule has 0 aliphatic rings. The first-order valence-corrected chi connectivity index (χ1v) is 14.4. The molecule has 1 atom stereocenters. The predicted octanol–water partition coefficient (Wildman–Crippen LogP) is 4.21. The summed E-state index contributed by atoms with van der Waals surface area (Å²) >= 11 is 0. The second-order valence-corrected chi connectivity index (χ2v) is 12.3. The molecule has 0 aliphatic carbocycles. The minimum Gasteiger partial charge on any atom is -0.479 e. The number of aliphatic hydroxyl groups excluding tert-OH is 1. The van der Waals surface area contributed by atoms with Crippen molar-refractivity contribution in [1.29, 1.82) is 0 Å². The van der Waals surface area contributed by atoms with E-state index in [0.717, 1.165) is 21.5 Å². The quantitative estimate of drug-likeness (QED) is 0.167. The van der Waals surface area contributed by atoms with E-state index in [4.69, 9.17) is 9.47 Å². The molecule has 1 unspecified atom stereocenters. The summed E-state index contributed by atoms with van der Waals surface area (Å²) in [5.41, 5.74) is -0.355. The van der Waals surface area contributed by atoms with Crippen LogP contribution in [0.3, 0.4) is 0 Å². The monoisotopic (exact) mass is 551 g/mol. The Morgan fingerprint density at radius 2 is 1.18 bits per heavy atom. The lowest BCUT2D eigenvalue weighted by atomic mass is 10.2. The van der Waals surface area contributed by atoms with Gasteiger partial charge in [-0.3, -0.25) is 0 Å². The zero-order valence-electron chi connectivity index (χ0n) is 22.0. The van der Waals surface area contributed by atoms with Gasteiger partial charge in [-0.25, -0.2) is 4.79 Å². The third-order valence-corrected chi connectivity index (χ3v) is 11.2. The number of rotatable bonds is 9. The third kappa shape index (κ3) is 4.85. The van der Waals surface area contributed by atoms with E-state index < -0.39 is 24.8 Å². The summed E-state index contributed by atoms with van der Waals surface area (Å²) < 4.78 is 10.8. The minimum absolute atomic E-state index is 0.0222. The van der Waals surface area contributed by atoms with Crippen molar-refractivity contribution in [2.75, 3.05) is 14.2 Å². The molecule has 0 amide bonds.